The van der Waals surface area contributed by atoms with E-state index >= 15 is 0 Å². The van der Waals surface area contributed by atoms with Crippen LogP contribution in [-0.4, -0.2) is 11.6 Å². The number of unbranched alkanes of at least 4 members (excludes halogenated alkanes) is 1. The summed E-state index contributed by atoms with van der Waals surface area (Å²) in [5, 5.41) is 0. The quantitative estimate of drug-likeness (QED) is 0.626. The van der Waals surface area contributed by atoms with Crippen LogP contribution >= 0.6 is 0 Å². The summed E-state index contributed by atoms with van der Waals surface area (Å²) in [5.41, 5.74) is 0. The van der Waals surface area contributed by atoms with Crippen LogP contribution in [0, 0.1) is 5.92 Å². The molecule has 0 aliphatic heterocycles. The monoisotopic (exact) mass is 182 g/mol. The van der Waals surface area contributed by atoms with Crippen LogP contribution in [0.2, 0.25) is 0 Å². The average molecular weight is 182 g/mol. The summed E-state index contributed by atoms with van der Waals surface area (Å²) in [7, 11) is 0. The second kappa shape index (κ2) is 5.15. The summed E-state index contributed by atoms with van der Waals surface area (Å²) >= 11 is 0. The zero-order chi connectivity index (χ0) is 9.68. The van der Waals surface area contributed by atoms with Crippen LogP contribution in [0.1, 0.15) is 51.9 Å². The molecule has 2 nitrogen and oxygen atoms in total. The molecule has 13 heavy (non-hydrogen) atoms. The summed E-state index contributed by atoms with van der Waals surface area (Å²) < 4.78 is 0. The van der Waals surface area contributed by atoms with Gasteiger partial charge in [0.05, 0.1) is 5.92 Å². The van der Waals surface area contributed by atoms with Gasteiger partial charge in [-0.25, -0.2) is 0 Å². The van der Waals surface area contributed by atoms with Gasteiger partial charge in [0.15, 0.2) is 0 Å². The van der Waals surface area contributed by atoms with Crippen molar-refractivity contribution in [1.29, 1.82) is 0 Å². The molecule has 0 saturated heterocycles. The smallest absolute Gasteiger partial charge is 0.143 e. The second-order valence-corrected chi connectivity index (χ2v) is 3.83. The van der Waals surface area contributed by atoms with E-state index in [-0.39, 0.29) is 17.5 Å². The standard InChI is InChI=1S/C11H18O2/c1-2-3-7-10(12)9-6-4-5-8-11(9)13/h9H,2-8H2,1H3. The number of hydrogen-bond acceptors (Lipinski definition) is 2. The number of rotatable bonds is 4. The Labute approximate surface area is 79.7 Å². The molecular formula is C11H18O2. The number of Topliss-reactive ketones (excluding diaryl/α,β-unsaturated/α-hetero) is 2. The third-order valence-electron chi connectivity index (χ3n) is 2.72. The molecule has 1 aliphatic rings. The highest BCUT2D eigenvalue weighted by Crippen LogP contribution is 2.22. The van der Waals surface area contributed by atoms with Gasteiger partial charge in [-0.05, 0) is 19.3 Å². The first kappa shape index (κ1) is 10.4. The van der Waals surface area contributed by atoms with E-state index in [0.29, 0.717) is 12.8 Å². The van der Waals surface area contributed by atoms with Gasteiger partial charge in [-0.1, -0.05) is 19.8 Å². The van der Waals surface area contributed by atoms with Crippen molar-refractivity contribution in [3.05, 3.63) is 0 Å². The Kier molecular flexibility index (Phi) is 4.13. The van der Waals surface area contributed by atoms with Crippen molar-refractivity contribution < 1.29 is 9.59 Å². The summed E-state index contributed by atoms with van der Waals surface area (Å²) in [6.07, 6.45) is 6.04. The first-order chi connectivity index (χ1) is 6.25. The molecule has 0 N–H and O–H groups in total. The molecule has 0 bridgehead atoms. The molecule has 1 unspecified atom stereocenters. The Hall–Kier alpha value is -0.660. The molecule has 0 amide bonds. The largest absolute Gasteiger partial charge is 0.299 e. The van der Waals surface area contributed by atoms with Gasteiger partial charge in [-0.2, -0.15) is 0 Å². The van der Waals surface area contributed by atoms with Crippen LogP contribution in [0.15, 0.2) is 0 Å². The first-order valence-corrected chi connectivity index (χ1v) is 5.31. The topological polar surface area (TPSA) is 34.1 Å². The number of ketones is 2. The second-order valence-electron chi connectivity index (χ2n) is 3.83. The highest BCUT2D eigenvalue weighted by Gasteiger charge is 2.27. The molecule has 0 spiro atoms. The van der Waals surface area contributed by atoms with Gasteiger partial charge in [0.25, 0.3) is 0 Å². The van der Waals surface area contributed by atoms with Crippen molar-refractivity contribution in [2.75, 3.05) is 0 Å². The molecule has 0 radical (unpaired) electrons. The van der Waals surface area contributed by atoms with E-state index in [1.807, 2.05) is 0 Å². The predicted molar refractivity (Wildman–Crippen MR) is 51.5 cm³/mol. The zero-order valence-corrected chi connectivity index (χ0v) is 8.34. The SMILES string of the molecule is CCCCC(=O)C1CCCCC1=O. The molecule has 1 fully saturated rings. The van der Waals surface area contributed by atoms with Gasteiger partial charge in [0.1, 0.15) is 11.6 Å². The highest BCUT2D eigenvalue weighted by atomic mass is 16.1. The lowest BCUT2D eigenvalue weighted by atomic mass is 9.83. The summed E-state index contributed by atoms with van der Waals surface area (Å²) in [6, 6.07) is 0. The van der Waals surface area contributed by atoms with Crippen LogP contribution in [0.5, 0.6) is 0 Å². The Morgan fingerprint density at radius 3 is 2.85 bits per heavy atom. The van der Waals surface area contributed by atoms with E-state index in [1.54, 1.807) is 0 Å². The van der Waals surface area contributed by atoms with Crippen molar-refractivity contribution in [3.8, 4) is 0 Å². The van der Waals surface area contributed by atoms with Crippen molar-refractivity contribution in [1.82, 2.24) is 0 Å². The Morgan fingerprint density at radius 2 is 2.23 bits per heavy atom. The molecule has 0 aromatic heterocycles. The lowest BCUT2D eigenvalue weighted by Crippen LogP contribution is -2.26. The lowest BCUT2D eigenvalue weighted by Gasteiger charge is -2.18. The van der Waals surface area contributed by atoms with Crippen molar-refractivity contribution in [3.63, 3.8) is 0 Å². The van der Waals surface area contributed by atoms with Gasteiger partial charge >= 0.3 is 0 Å². The van der Waals surface area contributed by atoms with Crippen molar-refractivity contribution >= 4 is 11.6 Å². The molecule has 0 heterocycles. The fourth-order valence-corrected chi connectivity index (χ4v) is 1.85. The summed E-state index contributed by atoms with van der Waals surface area (Å²) in [4.78, 5) is 22.9. The van der Waals surface area contributed by atoms with Crippen LogP contribution < -0.4 is 0 Å². The maximum Gasteiger partial charge on any atom is 0.143 e. The number of carbonyl (C=O) groups is 2. The molecule has 1 saturated carbocycles. The maximum absolute atomic E-state index is 11.5. The minimum absolute atomic E-state index is 0.187. The van der Waals surface area contributed by atoms with Crippen LogP contribution in [0.3, 0.4) is 0 Å². The van der Waals surface area contributed by atoms with E-state index in [2.05, 4.69) is 6.92 Å². The molecule has 1 aliphatic carbocycles. The predicted octanol–water partition coefficient (Wildman–Crippen LogP) is 2.51. The summed E-state index contributed by atoms with van der Waals surface area (Å²) in [6.45, 7) is 2.07. The lowest BCUT2D eigenvalue weighted by molar-refractivity contribution is -0.134. The van der Waals surface area contributed by atoms with Gasteiger partial charge in [0, 0.05) is 12.8 Å². The minimum atomic E-state index is -0.236. The number of carbonyl (C=O) groups excluding carboxylic acids is 2. The number of hydrogen-bond donors (Lipinski definition) is 0. The average Bonchev–Trinajstić information content (AvgIpc) is 2.15. The fourth-order valence-electron chi connectivity index (χ4n) is 1.85. The van der Waals surface area contributed by atoms with Gasteiger partial charge < -0.3 is 0 Å². The van der Waals surface area contributed by atoms with Gasteiger partial charge in [0.2, 0.25) is 0 Å². The van der Waals surface area contributed by atoms with Crippen LogP contribution in [0.4, 0.5) is 0 Å². The van der Waals surface area contributed by atoms with Crippen LogP contribution in [0.25, 0.3) is 0 Å². The maximum atomic E-state index is 11.5. The minimum Gasteiger partial charge on any atom is -0.299 e. The summed E-state index contributed by atoms with van der Waals surface area (Å²) in [5.74, 6) is 0.138. The van der Waals surface area contributed by atoms with Crippen molar-refractivity contribution in [2.24, 2.45) is 5.92 Å². The highest BCUT2D eigenvalue weighted by molar-refractivity contribution is 6.02. The molecule has 1 rings (SSSR count). The van der Waals surface area contributed by atoms with Gasteiger partial charge in [-0.15, -0.1) is 0 Å². The third kappa shape index (κ3) is 2.94. The molecule has 0 aromatic carbocycles. The molecular weight excluding hydrogens is 164 g/mol. The van der Waals surface area contributed by atoms with E-state index in [9.17, 15) is 9.59 Å². The Bertz CT molecular complexity index is 196. The molecule has 2 heteroatoms. The Morgan fingerprint density at radius 1 is 1.46 bits per heavy atom. The van der Waals surface area contributed by atoms with E-state index < -0.39 is 0 Å². The van der Waals surface area contributed by atoms with Crippen LogP contribution in [-0.2, 0) is 9.59 Å². The van der Waals surface area contributed by atoms with E-state index in [0.717, 1.165) is 32.1 Å². The zero-order valence-electron chi connectivity index (χ0n) is 8.34. The third-order valence-corrected chi connectivity index (χ3v) is 2.72. The molecule has 74 valence electrons. The molecule has 1 atom stereocenters. The van der Waals surface area contributed by atoms with E-state index in [4.69, 9.17) is 0 Å². The fraction of sp³-hybridized carbons (Fsp3) is 0.818. The van der Waals surface area contributed by atoms with Gasteiger partial charge in [-0.3, -0.25) is 9.59 Å². The van der Waals surface area contributed by atoms with Crippen molar-refractivity contribution in [2.45, 2.75) is 51.9 Å². The normalized spacial score (nSPS) is 23.2. The van der Waals surface area contributed by atoms with E-state index in [1.165, 1.54) is 0 Å². The molecule has 0 aromatic rings. The first-order valence-electron chi connectivity index (χ1n) is 5.31. The Balaban J connectivity index is 2.39.